The van der Waals surface area contributed by atoms with Gasteiger partial charge in [0.15, 0.2) is 0 Å². The number of benzene rings is 3. The van der Waals surface area contributed by atoms with Gasteiger partial charge in [-0.05, 0) is 42.8 Å². The number of ether oxygens (including phenoxy) is 1. The highest BCUT2D eigenvalue weighted by molar-refractivity contribution is 6.00. The Morgan fingerprint density at radius 2 is 1.65 bits per heavy atom. The fraction of sp³-hybridized carbons (Fsp3) is 0.222. The molecular formula is C27H27N3O. The first-order valence-corrected chi connectivity index (χ1v) is 10.9. The van der Waals surface area contributed by atoms with Crippen LogP contribution in [0.3, 0.4) is 0 Å². The topological polar surface area (TPSA) is 29.8 Å². The average molecular weight is 410 g/mol. The third-order valence-corrected chi connectivity index (χ3v) is 5.87. The molecule has 1 aromatic heterocycles. The highest BCUT2D eigenvalue weighted by atomic mass is 16.5. The van der Waals surface area contributed by atoms with Gasteiger partial charge < -0.3 is 14.2 Å². The Labute approximate surface area is 183 Å². The Kier molecular flexibility index (Phi) is 5.55. The van der Waals surface area contributed by atoms with Crippen LogP contribution in [0.2, 0.25) is 0 Å². The van der Waals surface area contributed by atoms with Gasteiger partial charge in [-0.1, -0.05) is 48.0 Å². The van der Waals surface area contributed by atoms with Crippen molar-refractivity contribution in [1.82, 2.24) is 4.57 Å². The minimum absolute atomic E-state index is 0.798. The van der Waals surface area contributed by atoms with Gasteiger partial charge in [-0.25, -0.2) is 0 Å². The summed E-state index contributed by atoms with van der Waals surface area (Å²) in [6.45, 7) is 6.46. The van der Waals surface area contributed by atoms with Gasteiger partial charge in [0, 0.05) is 54.2 Å². The maximum Gasteiger partial charge on any atom is 0.0642 e. The first-order chi connectivity index (χ1) is 15.3. The normalized spacial score (nSPS) is 14.5. The number of fused-ring (bicyclic) bond motifs is 1. The summed E-state index contributed by atoms with van der Waals surface area (Å²) in [5.41, 5.74) is 7.15. The number of aromatic nitrogens is 1. The molecule has 156 valence electrons. The van der Waals surface area contributed by atoms with E-state index in [0.717, 1.165) is 44.1 Å². The zero-order valence-corrected chi connectivity index (χ0v) is 17.9. The van der Waals surface area contributed by atoms with E-state index < -0.39 is 0 Å². The number of hydrogen-bond donors (Lipinski definition) is 0. The summed E-state index contributed by atoms with van der Waals surface area (Å²) in [5, 5.41) is 1.23. The van der Waals surface area contributed by atoms with Crippen molar-refractivity contribution in [1.29, 1.82) is 0 Å². The van der Waals surface area contributed by atoms with Crippen molar-refractivity contribution in [2.45, 2.75) is 13.5 Å². The molecule has 1 saturated heterocycles. The largest absolute Gasteiger partial charge is 0.378 e. The summed E-state index contributed by atoms with van der Waals surface area (Å²) in [4.78, 5) is 7.12. The molecule has 4 aromatic rings. The van der Waals surface area contributed by atoms with E-state index in [2.05, 4.69) is 95.4 Å². The van der Waals surface area contributed by atoms with E-state index in [1.807, 2.05) is 6.21 Å². The highest BCUT2D eigenvalue weighted by Crippen LogP contribution is 2.24. The van der Waals surface area contributed by atoms with E-state index in [0.29, 0.717) is 0 Å². The van der Waals surface area contributed by atoms with Crippen LogP contribution < -0.4 is 4.90 Å². The van der Waals surface area contributed by atoms with Crippen LogP contribution in [0, 0.1) is 6.92 Å². The third-order valence-electron chi connectivity index (χ3n) is 5.87. The van der Waals surface area contributed by atoms with Crippen LogP contribution in [-0.2, 0) is 11.3 Å². The molecular weight excluding hydrogens is 382 g/mol. The Morgan fingerprint density at radius 3 is 2.42 bits per heavy atom. The molecule has 0 spiro atoms. The Bertz CT molecular complexity index is 1180. The zero-order chi connectivity index (χ0) is 21.0. The fourth-order valence-electron chi connectivity index (χ4n) is 4.11. The first-order valence-electron chi connectivity index (χ1n) is 10.9. The van der Waals surface area contributed by atoms with Crippen LogP contribution in [0.1, 0.15) is 16.7 Å². The lowest BCUT2D eigenvalue weighted by Gasteiger charge is -2.28. The maximum absolute atomic E-state index is 5.45. The van der Waals surface area contributed by atoms with Crippen molar-refractivity contribution >= 4 is 28.5 Å². The molecule has 0 bridgehead atoms. The SMILES string of the molecule is Cc1ccc(Cn2cc(C=Nc3ccc(N4CCOCC4)cc3)c3ccccc32)cc1. The fourth-order valence-corrected chi connectivity index (χ4v) is 4.11. The minimum Gasteiger partial charge on any atom is -0.378 e. The monoisotopic (exact) mass is 409 g/mol. The molecule has 0 unspecified atom stereocenters. The number of morpholine rings is 1. The summed E-state index contributed by atoms with van der Waals surface area (Å²) in [6.07, 6.45) is 4.19. The smallest absolute Gasteiger partial charge is 0.0642 e. The van der Waals surface area contributed by atoms with E-state index in [-0.39, 0.29) is 0 Å². The van der Waals surface area contributed by atoms with Crippen molar-refractivity contribution in [3.05, 3.63) is 95.7 Å². The zero-order valence-electron chi connectivity index (χ0n) is 17.9. The van der Waals surface area contributed by atoms with Crippen molar-refractivity contribution in [2.75, 3.05) is 31.2 Å². The predicted octanol–water partition coefficient (Wildman–Crippen LogP) is 5.59. The van der Waals surface area contributed by atoms with Crippen LogP contribution in [-0.4, -0.2) is 37.1 Å². The molecule has 0 saturated carbocycles. The average Bonchev–Trinajstić information content (AvgIpc) is 3.17. The predicted molar refractivity (Wildman–Crippen MR) is 129 cm³/mol. The van der Waals surface area contributed by atoms with Crippen LogP contribution >= 0.6 is 0 Å². The summed E-state index contributed by atoms with van der Waals surface area (Å²) in [6, 6.07) is 25.8. The number of rotatable bonds is 5. The molecule has 4 heteroatoms. The van der Waals surface area contributed by atoms with E-state index in [1.165, 1.54) is 27.7 Å². The van der Waals surface area contributed by atoms with E-state index in [4.69, 9.17) is 9.73 Å². The van der Waals surface area contributed by atoms with E-state index in [9.17, 15) is 0 Å². The van der Waals surface area contributed by atoms with Crippen LogP contribution in [0.15, 0.2) is 84.0 Å². The molecule has 1 aliphatic heterocycles. The molecule has 31 heavy (non-hydrogen) atoms. The molecule has 5 rings (SSSR count). The lowest BCUT2D eigenvalue weighted by molar-refractivity contribution is 0.122. The lowest BCUT2D eigenvalue weighted by atomic mass is 10.1. The van der Waals surface area contributed by atoms with Gasteiger partial charge in [0.1, 0.15) is 0 Å². The van der Waals surface area contributed by atoms with Gasteiger partial charge in [-0.2, -0.15) is 0 Å². The molecule has 0 radical (unpaired) electrons. The summed E-state index contributed by atoms with van der Waals surface area (Å²) < 4.78 is 7.75. The number of anilines is 1. The van der Waals surface area contributed by atoms with Gasteiger partial charge in [0.05, 0.1) is 18.9 Å². The first kappa shape index (κ1) is 19.6. The number of hydrogen-bond acceptors (Lipinski definition) is 3. The second kappa shape index (κ2) is 8.78. The van der Waals surface area contributed by atoms with Crippen molar-refractivity contribution < 1.29 is 4.74 Å². The molecule has 0 amide bonds. The molecule has 1 fully saturated rings. The lowest BCUT2D eigenvalue weighted by Crippen LogP contribution is -2.36. The Hall–Kier alpha value is -3.37. The molecule has 0 aliphatic carbocycles. The van der Waals surface area contributed by atoms with Crippen LogP contribution in [0.25, 0.3) is 10.9 Å². The standard InChI is InChI=1S/C27H27N3O/c1-21-6-8-22(9-7-21)19-30-20-23(26-4-2-3-5-27(26)30)18-28-24-10-12-25(13-11-24)29-14-16-31-17-15-29/h2-13,18,20H,14-17,19H2,1H3. The van der Waals surface area contributed by atoms with Gasteiger partial charge >= 0.3 is 0 Å². The Balaban J connectivity index is 1.38. The summed E-state index contributed by atoms with van der Waals surface area (Å²) in [7, 11) is 0. The second-order valence-corrected chi connectivity index (χ2v) is 8.09. The van der Waals surface area contributed by atoms with Crippen molar-refractivity contribution in [3.63, 3.8) is 0 Å². The highest BCUT2D eigenvalue weighted by Gasteiger charge is 2.11. The molecule has 0 atom stereocenters. The molecule has 2 heterocycles. The number of aliphatic imine (C=N–C) groups is 1. The minimum atomic E-state index is 0.798. The second-order valence-electron chi connectivity index (χ2n) is 8.09. The van der Waals surface area contributed by atoms with E-state index >= 15 is 0 Å². The quantitative estimate of drug-likeness (QED) is 0.403. The van der Waals surface area contributed by atoms with Gasteiger partial charge in [-0.15, -0.1) is 0 Å². The third kappa shape index (κ3) is 4.39. The number of para-hydroxylation sites is 1. The maximum atomic E-state index is 5.45. The summed E-state index contributed by atoms with van der Waals surface area (Å²) >= 11 is 0. The molecule has 4 nitrogen and oxygen atoms in total. The van der Waals surface area contributed by atoms with Gasteiger partial charge in [-0.3, -0.25) is 4.99 Å². The van der Waals surface area contributed by atoms with Crippen molar-refractivity contribution in [2.24, 2.45) is 4.99 Å². The van der Waals surface area contributed by atoms with E-state index in [1.54, 1.807) is 0 Å². The Morgan fingerprint density at radius 1 is 0.903 bits per heavy atom. The van der Waals surface area contributed by atoms with Crippen LogP contribution in [0.4, 0.5) is 11.4 Å². The summed E-state index contributed by atoms with van der Waals surface area (Å²) in [5.74, 6) is 0. The number of aryl methyl sites for hydroxylation is 1. The molecule has 1 aliphatic rings. The van der Waals surface area contributed by atoms with Gasteiger partial charge in [0.2, 0.25) is 0 Å². The number of nitrogens with zero attached hydrogens (tertiary/aromatic N) is 3. The van der Waals surface area contributed by atoms with Crippen LogP contribution in [0.5, 0.6) is 0 Å². The molecule has 3 aromatic carbocycles. The van der Waals surface area contributed by atoms with Crippen molar-refractivity contribution in [3.8, 4) is 0 Å². The molecule has 0 N–H and O–H groups in total. The van der Waals surface area contributed by atoms with Gasteiger partial charge in [0.25, 0.3) is 0 Å².